The van der Waals surface area contributed by atoms with E-state index in [2.05, 4.69) is 27.0 Å². The SMILES string of the molecule is Fc1ccc(-c2cc3ncnc(N(CC4=COCO4)Cc4ccccc4)c3s2)cc1. The molecule has 0 atom stereocenters. The molecule has 30 heavy (non-hydrogen) atoms. The maximum Gasteiger partial charge on any atom is 0.229 e. The summed E-state index contributed by atoms with van der Waals surface area (Å²) in [5.74, 6) is 1.34. The van der Waals surface area contributed by atoms with Gasteiger partial charge in [0.05, 0.1) is 16.8 Å². The van der Waals surface area contributed by atoms with E-state index in [0.717, 1.165) is 32.2 Å². The number of nitrogens with zero attached hydrogens (tertiary/aromatic N) is 3. The number of aromatic nitrogens is 2. The van der Waals surface area contributed by atoms with Crippen molar-refractivity contribution in [3.8, 4) is 10.4 Å². The van der Waals surface area contributed by atoms with Crippen molar-refractivity contribution in [2.24, 2.45) is 0 Å². The van der Waals surface area contributed by atoms with Crippen LogP contribution in [0.15, 0.2) is 79.0 Å². The van der Waals surface area contributed by atoms with Gasteiger partial charge in [0.25, 0.3) is 0 Å². The van der Waals surface area contributed by atoms with E-state index in [9.17, 15) is 4.39 Å². The third-order valence-corrected chi connectivity index (χ3v) is 5.98. The van der Waals surface area contributed by atoms with E-state index in [0.29, 0.717) is 13.1 Å². The molecule has 1 aliphatic heterocycles. The van der Waals surface area contributed by atoms with Crippen LogP contribution in [0.1, 0.15) is 5.56 Å². The maximum absolute atomic E-state index is 13.3. The van der Waals surface area contributed by atoms with Crippen molar-refractivity contribution in [3.63, 3.8) is 0 Å². The van der Waals surface area contributed by atoms with Gasteiger partial charge in [-0.3, -0.25) is 0 Å². The molecule has 150 valence electrons. The minimum absolute atomic E-state index is 0.238. The fourth-order valence-corrected chi connectivity index (χ4v) is 4.51. The zero-order valence-electron chi connectivity index (χ0n) is 16.0. The minimum Gasteiger partial charge on any atom is -0.462 e. The highest BCUT2D eigenvalue weighted by molar-refractivity contribution is 7.22. The number of ether oxygens (including phenoxy) is 2. The highest BCUT2D eigenvalue weighted by atomic mass is 32.1. The predicted molar refractivity (Wildman–Crippen MR) is 115 cm³/mol. The normalized spacial score (nSPS) is 13.0. The zero-order chi connectivity index (χ0) is 20.3. The summed E-state index contributed by atoms with van der Waals surface area (Å²) in [6.07, 6.45) is 3.23. The lowest BCUT2D eigenvalue weighted by molar-refractivity contribution is 0.0797. The van der Waals surface area contributed by atoms with Crippen molar-refractivity contribution < 1.29 is 13.9 Å². The first kappa shape index (κ1) is 18.6. The third kappa shape index (κ3) is 3.84. The van der Waals surface area contributed by atoms with Gasteiger partial charge in [0.2, 0.25) is 6.79 Å². The molecule has 7 heteroatoms. The fourth-order valence-electron chi connectivity index (χ4n) is 3.37. The van der Waals surface area contributed by atoms with Gasteiger partial charge in [-0.1, -0.05) is 42.5 Å². The molecule has 5 rings (SSSR count). The van der Waals surface area contributed by atoms with E-state index in [1.165, 1.54) is 17.7 Å². The quantitative estimate of drug-likeness (QED) is 0.422. The highest BCUT2D eigenvalue weighted by Gasteiger charge is 2.20. The van der Waals surface area contributed by atoms with Gasteiger partial charge < -0.3 is 14.4 Å². The predicted octanol–water partition coefficient (Wildman–Crippen LogP) is 5.35. The number of anilines is 1. The second kappa shape index (κ2) is 8.12. The van der Waals surface area contributed by atoms with Crippen molar-refractivity contribution in [2.75, 3.05) is 18.2 Å². The topological polar surface area (TPSA) is 47.5 Å². The molecule has 0 saturated carbocycles. The molecule has 3 heterocycles. The van der Waals surface area contributed by atoms with Gasteiger partial charge in [-0.2, -0.15) is 0 Å². The molecule has 0 radical (unpaired) electrons. The van der Waals surface area contributed by atoms with Gasteiger partial charge in [-0.15, -0.1) is 11.3 Å². The fraction of sp³-hybridized carbons (Fsp3) is 0.130. The lowest BCUT2D eigenvalue weighted by atomic mass is 10.2. The molecule has 5 nitrogen and oxygen atoms in total. The number of fused-ring (bicyclic) bond motifs is 1. The summed E-state index contributed by atoms with van der Waals surface area (Å²) in [5, 5.41) is 0. The van der Waals surface area contributed by atoms with Crippen molar-refractivity contribution in [3.05, 3.63) is 90.4 Å². The summed E-state index contributed by atoms with van der Waals surface area (Å²) in [7, 11) is 0. The number of halogens is 1. The molecule has 0 aliphatic carbocycles. The van der Waals surface area contributed by atoms with E-state index in [4.69, 9.17) is 9.47 Å². The lowest BCUT2D eigenvalue weighted by Gasteiger charge is -2.24. The standard InChI is InChI=1S/C23H18FN3O2S/c24-18-8-6-17(7-9-18)21-10-20-22(30-21)23(26-14-25-20)27(12-19-13-28-15-29-19)11-16-4-2-1-3-5-16/h1-10,13-14H,11-12,15H2. The Morgan fingerprint density at radius 3 is 2.60 bits per heavy atom. The van der Waals surface area contributed by atoms with Crippen molar-refractivity contribution in [2.45, 2.75) is 6.54 Å². The largest absolute Gasteiger partial charge is 0.462 e. The molecular formula is C23H18FN3O2S. The van der Waals surface area contributed by atoms with E-state index in [1.807, 2.05) is 24.3 Å². The second-order valence-electron chi connectivity index (χ2n) is 6.88. The molecular weight excluding hydrogens is 401 g/mol. The van der Waals surface area contributed by atoms with Crippen LogP contribution in [-0.4, -0.2) is 23.3 Å². The van der Waals surface area contributed by atoms with Gasteiger partial charge in [0, 0.05) is 11.4 Å². The Hall–Kier alpha value is -3.45. The Balaban J connectivity index is 1.55. The molecule has 0 unspecified atom stereocenters. The van der Waals surface area contributed by atoms with Crippen LogP contribution >= 0.6 is 11.3 Å². The molecule has 0 N–H and O–H groups in total. The van der Waals surface area contributed by atoms with Crippen LogP contribution in [0.3, 0.4) is 0 Å². The summed E-state index contributed by atoms with van der Waals surface area (Å²) in [4.78, 5) is 12.2. The number of benzene rings is 2. The van der Waals surface area contributed by atoms with E-state index >= 15 is 0 Å². The van der Waals surface area contributed by atoms with E-state index < -0.39 is 0 Å². The first-order valence-corrected chi connectivity index (χ1v) is 10.3. The van der Waals surface area contributed by atoms with Crippen LogP contribution in [0.4, 0.5) is 10.2 Å². The molecule has 0 amide bonds. The Morgan fingerprint density at radius 2 is 1.83 bits per heavy atom. The van der Waals surface area contributed by atoms with Crippen LogP contribution < -0.4 is 4.90 Å². The summed E-state index contributed by atoms with van der Waals surface area (Å²) in [6, 6.07) is 18.7. The number of rotatable bonds is 6. The van der Waals surface area contributed by atoms with Crippen molar-refractivity contribution in [1.82, 2.24) is 9.97 Å². The van der Waals surface area contributed by atoms with Gasteiger partial charge >= 0.3 is 0 Å². The number of hydrogen-bond acceptors (Lipinski definition) is 6. The molecule has 0 fully saturated rings. The average Bonchev–Trinajstić information content (AvgIpc) is 3.44. The third-order valence-electron chi connectivity index (χ3n) is 4.81. The van der Waals surface area contributed by atoms with Crippen LogP contribution in [0, 0.1) is 5.82 Å². The summed E-state index contributed by atoms with van der Waals surface area (Å²) >= 11 is 1.60. The van der Waals surface area contributed by atoms with Crippen LogP contribution in [0.2, 0.25) is 0 Å². The molecule has 2 aromatic carbocycles. The van der Waals surface area contributed by atoms with Crippen LogP contribution in [0.25, 0.3) is 20.7 Å². The monoisotopic (exact) mass is 419 g/mol. The number of thiophene rings is 1. The van der Waals surface area contributed by atoms with Gasteiger partial charge in [-0.25, -0.2) is 14.4 Å². The molecule has 4 aromatic rings. The maximum atomic E-state index is 13.3. The van der Waals surface area contributed by atoms with Crippen molar-refractivity contribution >= 4 is 27.4 Å². The average molecular weight is 419 g/mol. The van der Waals surface area contributed by atoms with Crippen molar-refractivity contribution in [1.29, 1.82) is 0 Å². The summed E-state index contributed by atoms with van der Waals surface area (Å²) in [6.45, 7) is 1.43. The zero-order valence-corrected chi connectivity index (χ0v) is 16.8. The summed E-state index contributed by atoms with van der Waals surface area (Å²) in [5.41, 5.74) is 2.98. The Morgan fingerprint density at radius 1 is 1.00 bits per heavy atom. The lowest BCUT2D eigenvalue weighted by Crippen LogP contribution is -2.26. The Bertz CT molecular complexity index is 1190. The smallest absolute Gasteiger partial charge is 0.229 e. The summed E-state index contributed by atoms with van der Waals surface area (Å²) < 4.78 is 25.1. The first-order valence-electron chi connectivity index (χ1n) is 9.49. The first-order chi connectivity index (χ1) is 14.8. The van der Waals surface area contributed by atoms with Gasteiger partial charge in [-0.05, 0) is 29.3 Å². The molecule has 1 aliphatic rings. The minimum atomic E-state index is -0.249. The molecule has 0 spiro atoms. The van der Waals surface area contributed by atoms with Gasteiger partial charge in [0.15, 0.2) is 11.6 Å². The number of hydrogen-bond donors (Lipinski definition) is 0. The van der Waals surface area contributed by atoms with Crippen LogP contribution in [-0.2, 0) is 16.0 Å². The Kier molecular flexibility index (Phi) is 5.03. The van der Waals surface area contributed by atoms with E-state index in [-0.39, 0.29) is 12.6 Å². The molecule has 0 bridgehead atoms. The molecule has 0 saturated heterocycles. The highest BCUT2D eigenvalue weighted by Crippen LogP contribution is 2.37. The van der Waals surface area contributed by atoms with Gasteiger partial charge in [0.1, 0.15) is 18.4 Å². The Labute approximate surface area is 177 Å². The molecule has 2 aromatic heterocycles. The van der Waals surface area contributed by atoms with E-state index in [1.54, 1.807) is 36.1 Å². The second-order valence-corrected chi connectivity index (χ2v) is 7.94. The van der Waals surface area contributed by atoms with Crippen LogP contribution in [0.5, 0.6) is 0 Å².